The topological polar surface area (TPSA) is 120 Å². The number of ketones is 1. The number of nitrogens with zero attached hydrogens (tertiary/aromatic N) is 4. The summed E-state index contributed by atoms with van der Waals surface area (Å²) in [5.41, 5.74) is 5.60. The Balaban J connectivity index is 1.73. The van der Waals surface area contributed by atoms with Gasteiger partial charge in [-0.15, -0.1) is 0 Å². The van der Waals surface area contributed by atoms with E-state index in [-0.39, 0.29) is 41.7 Å². The van der Waals surface area contributed by atoms with Gasteiger partial charge in [0.2, 0.25) is 11.8 Å². The first-order valence-corrected chi connectivity index (χ1v) is 10.2. The van der Waals surface area contributed by atoms with Crippen molar-refractivity contribution >= 4 is 17.6 Å². The first-order valence-electron chi connectivity index (χ1n) is 10.2. The van der Waals surface area contributed by atoms with Crippen LogP contribution < -0.4 is 10.5 Å². The molecule has 0 radical (unpaired) electrons. The highest BCUT2D eigenvalue weighted by Gasteiger charge is 2.38. The third kappa shape index (κ3) is 5.25. The summed E-state index contributed by atoms with van der Waals surface area (Å²) >= 11 is 0. The number of hydrogen-bond donors (Lipinski definition) is 1. The zero-order valence-corrected chi connectivity index (χ0v) is 18.3. The Morgan fingerprint density at radius 1 is 1.28 bits per heavy atom. The number of amides is 1. The zero-order chi connectivity index (χ0) is 23.3. The third-order valence-electron chi connectivity index (χ3n) is 5.15. The van der Waals surface area contributed by atoms with Gasteiger partial charge in [-0.2, -0.15) is 0 Å². The largest absolute Gasteiger partial charge is 0.474 e. The molecule has 1 aliphatic heterocycles. The molecule has 32 heavy (non-hydrogen) atoms. The van der Waals surface area contributed by atoms with Crippen LogP contribution in [0.1, 0.15) is 41.9 Å². The quantitative estimate of drug-likeness (QED) is 0.464. The Bertz CT molecular complexity index is 1030. The molecule has 170 valence electrons. The van der Waals surface area contributed by atoms with Crippen LogP contribution >= 0.6 is 0 Å². The first kappa shape index (κ1) is 23.3. The molecule has 1 aromatic heterocycles. The van der Waals surface area contributed by atoms with E-state index in [0.717, 1.165) is 0 Å². The van der Waals surface area contributed by atoms with Crippen LogP contribution in [-0.2, 0) is 21.5 Å². The van der Waals surface area contributed by atoms with Crippen LogP contribution in [-0.4, -0.2) is 59.4 Å². The van der Waals surface area contributed by atoms with Crippen molar-refractivity contribution in [2.75, 3.05) is 26.9 Å². The summed E-state index contributed by atoms with van der Waals surface area (Å²) in [6.45, 7) is 4.89. The van der Waals surface area contributed by atoms with Crippen molar-refractivity contribution in [3.05, 3.63) is 53.2 Å². The maximum absolute atomic E-state index is 14.6. The zero-order valence-electron chi connectivity index (χ0n) is 18.3. The molecule has 0 saturated heterocycles. The predicted octanol–water partition coefficient (Wildman–Crippen LogP) is 1.85. The summed E-state index contributed by atoms with van der Waals surface area (Å²) in [4.78, 5) is 38.6. The highest BCUT2D eigenvalue weighted by Crippen LogP contribution is 2.35. The molecule has 1 aromatic carbocycles. The van der Waals surface area contributed by atoms with Gasteiger partial charge in [0.1, 0.15) is 18.1 Å². The van der Waals surface area contributed by atoms with Crippen molar-refractivity contribution in [3.63, 3.8) is 0 Å². The molecule has 1 atom stereocenters. The van der Waals surface area contributed by atoms with Gasteiger partial charge >= 0.3 is 0 Å². The van der Waals surface area contributed by atoms with Crippen molar-refractivity contribution in [1.29, 1.82) is 0 Å². The van der Waals surface area contributed by atoms with Gasteiger partial charge < -0.3 is 15.2 Å². The van der Waals surface area contributed by atoms with E-state index in [1.165, 1.54) is 36.5 Å². The first-order chi connectivity index (χ1) is 15.2. The molecule has 2 N–H and O–H groups in total. The molecular formula is C22H26FN5O4. The van der Waals surface area contributed by atoms with Crippen LogP contribution in [0.4, 0.5) is 4.39 Å². The number of carbonyl (C=O) groups excluding carboxylic acids is 2. The number of ether oxygens (including phenoxy) is 2. The van der Waals surface area contributed by atoms with Crippen molar-refractivity contribution in [3.8, 4) is 5.88 Å². The van der Waals surface area contributed by atoms with Crippen LogP contribution in [0, 0.1) is 5.82 Å². The lowest BCUT2D eigenvalue weighted by molar-refractivity contribution is -0.128. The van der Waals surface area contributed by atoms with E-state index >= 15 is 0 Å². The summed E-state index contributed by atoms with van der Waals surface area (Å²) < 4.78 is 25.2. The molecule has 3 rings (SSSR count). The molecule has 1 aliphatic rings. The molecule has 1 unspecified atom stereocenters. The Hall–Kier alpha value is -3.40. The van der Waals surface area contributed by atoms with Gasteiger partial charge in [0.25, 0.3) is 0 Å². The van der Waals surface area contributed by atoms with Crippen molar-refractivity contribution < 1.29 is 23.5 Å². The van der Waals surface area contributed by atoms with Crippen LogP contribution in [0.2, 0.25) is 0 Å². The number of halogens is 1. The van der Waals surface area contributed by atoms with Crippen LogP contribution in [0.5, 0.6) is 5.88 Å². The molecule has 0 bridgehead atoms. The van der Waals surface area contributed by atoms with E-state index in [0.29, 0.717) is 31.3 Å². The highest BCUT2D eigenvalue weighted by molar-refractivity contribution is 5.99. The normalized spacial score (nSPS) is 18.4. The number of nitrogens with two attached hydrogens (primary N) is 1. The SMILES string of the molecule is CCOCCOc1cnc(C(=O)Cc2ccc(F)c(C3(C)CC(=O)N(C)C(N)=N3)c2)cn1. The molecule has 0 spiro atoms. The summed E-state index contributed by atoms with van der Waals surface area (Å²) in [6, 6.07) is 4.32. The lowest BCUT2D eigenvalue weighted by Crippen LogP contribution is -2.47. The molecule has 2 aromatic rings. The minimum atomic E-state index is -1.16. The summed E-state index contributed by atoms with van der Waals surface area (Å²) in [5, 5.41) is 0. The van der Waals surface area contributed by atoms with Gasteiger partial charge in [0.05, 0.1) is 31.0 Å². The Morgan fingerprint density at radius 3 is 2.72 bits per heavy atom. The van der Waals surface area contributed by atoms with E-state index in [9.17, 15) is 14.0 Å². The number of hydrogen-bond acceptors (Lipinski definition) is 8. The average molecular weight is 443 g/mol. The number of Topliss-reactive ketones (excluding diaryl/α,β-unsaturated/α-hetero) is 1. The molecule has 0 saturated carbocycles. The van der Waals surface area contributed by atoms with Crippen molar-refractivity contribution in [2.24, 2.45) is 10.7 Å². The molecule has 1 amide bonds. The number of guanidine groups is 1. The fourth-order valence-corrected chi connectivity index (χ4v) is 3.32. The minimum absolute atomic E-state index is 0.0171. The lowest BCUT2D eigenvalue weighted by Gasteiger charge is -2.34. The maximum Gasteiger partial charge on any atom is 0.232 e. The van der Waals surface area contributed by atoms with E-state index in [2.05, 4.69) is 15.0 Å². The van der Waals surface area contributed by atoms with Gasteiger partial charge in [0, 0.05) is 25.6 Å². The smallest absolute Gasteiger partial charge is 0.232 e. The predicted molar refractivity (Wildman–Crippen MR) is 115 cm³/mol. The maximum atomic E-state index is 14.6. The number of carbonyl (C=O) groups is 2. The van der Waals surface area contributed by atoms with Gasteiger partial charge in [-0.05, 0) is 31.5 Å². The molecule has 0 fully saturated rings. The number of aliphatic imine (C=N–C) groups is 1. The molecular weight excluding hydrogens is 417 g/mol. The van der Waals surface area contributed by atoms with Crippen LogP contribution in [0.3, 0.4) is 0 Å². The second kappa shape index (κ2) is 9.82. The van der Waals surface area contributed by atoms with E-state index in [1.54, 1.807) is 13.0 Å². The Labute approximate surface area is 185 Å². The standard InChI is InChI=1S/C22H26FN5O4/c1-4-31-7-8-32-19-13-25-17(12-26-19)18(29)10-14-5-6-16(23)15(9-14)22(2)11-20(30)28(3)21(24)27-22/h5-6,9,12-13H,4,7-8,10-11H2,1-3H3,(H2,24,27). The van der Waals surface area contributed by atoms with E-state index in [1.807, 2.05) is 6.92 Å². The number of benzene rings is 1. The highest BCUT2D eigenvalue weighted by atomic mass is 19.1. The molecule has 10 heteroatoms. The summed E-state index contributed by atoms with van der Waals surface area (Å²) in [7, 11) is 1.52. The van der Waals surface area contributed by atoms with E-state index < -0.39 is 11.4 Å². The van der Waals surface area contributed by atoms with Crippen LogP contribution in [0.15, 0.2) is 35.6 Å². The van der Waals surface area contributed by atoms with Crippen molar-refractivity contribution in [2.45, 2.75) is 32.2 Å². The molecule has 2 heterocycles. The third-order valence-corrected chi connectivity index (χ3v) is 5.15. The van der Waals surface area contributed by atoms with Gasteiger partial charge in [-0.1, -0.05) is 6.07 Å². The Kier molecular flexibility index (Phi) is 7.14. The molecule has 0 aliphatic carbocycles. The second-order valence-corrected chi connectivity index (χ2v) is 7.57. The van der Waals surface area contributed by atoms with Gasteiger partial charge in [-0.25, -0.2) is 19.4 Å². The monoisotopic (exact) mass is 443 g/mol. The summed E-state index contributed by atoms with van der Waals surface area (Å²) in [5.74, 6) is -0.765. The average Bonchev–Trinajstić information content (AvgIpc) is 2.76. The lowest BCUT2D eigenvalue weighted by atomic mass is 9.85. The molecule has 9 nitrogen and oxygen atoms in total. The van der Waals surface area contributed by atoms with Crippen molar-refractivity contribution in [1.82, 2.24) is 14.9 Å². The number of aromatic nitrogens is 2. The van der Waals surface area contributed by atoms with E-state index in [4.69, 9.17) is 15.2 Å². The minimum Gasteiger partial charge on any atom is -0.474 e. The second-order valence-electron chi connectivity index (χ2n) is 7.57. The fourth-order valence-electron chi connectivity index (χ4n) is 3.32. The number of rotatable bonds is 9. The van der Waals surface area contributed by atoms with Gasteiger partial charge in [0.15, 0.2) is 11.7 Å². The Morgan fingerprint density at radius 2 is 2.06 bits per heavy atom. The summed E-state index contributed by atoms with van der Waals surface area (Å²) in [6.07, 6.45) is 2.66. The van der Waals surface area contributed by atoms with Gasteiger partial charge in [-0.3, -0.25) is 14.5 Å². The van der Waals surface area contributed by atoms with Crippen LogP contribution in [0.25, 0.3) is 0 Å². The fraction of sp³-hybridized carbons (Fsp3) is 0.409.